The van der Waals surface area contributed by atoms with Crippen LogP contribution in [0, 0.1) is 13.8 Å². The monoisotopic (exact) mass is 382 g/mol. The first-order valence-corrected chi connectivity index (χ1v) is 11.1. The molecule has 0 heterocycles. The Morgan fingerprint density at radius 1 is 0.679 bits per heavy atom. The molecule has 0 amide bonds. The number of hydrogen-bond donors (Lipinski definition) is 2. The molecule has 0 aliphatic carbocycles. The Balaban J connectivity index is 2.49. The molecule has 0 atom stereocenters. The maximum atomic E-state index is 10.9. The SMILES string of the molecule is CCCCc1cc(C)c(C(CCC)c2c(C)cc(CCCC)cc2O)c(O)c1. The van der Waals surface area contributed by atoms with E-state index in [2.05, 4.69) is 46.8 Å². The molecule has 0 unspecified atom stereocenters. The van der Waals surface area contributed by atoms with Gasteiger partial charge in [0.25, 0.3) is 0 Å². The molecule has 2 heteroatoms. The summed E-state index contributed by atoms with van der Waals surface area (Å²) in [6.45, 7) is 10.7. The number of unbranched alkanes of at least 4 members (excludes halogenated alkanes) is 2. The summed E-state index contributed by atoms with van der Waals surface area (Å²) in [5.74, 6) is 0.766. The summed E-state index contributed by atoms with van der Waals surface area (Å²) in [6, 6.07) is 8.30. The number of phenols is 2. The van der Waals surface area contributed by atoms with Gasteiger partial charge < -0.3 is 10.2 Å². The van der Waals surface area contributed by atoms with Crippen LogP contribution in [0.5, 0.6) is 11.5 Å². The Morgan fingerprint density at radius 2 is 1.11 bits per heavy atom. The van der Waals surface area contributed by atoms with Crippen molar-refractivity contribution in [2.45, 2.75) is 91.9 Å². The van der Waals surface area contributed by atoms with Crippen LogP contribution in [0.25, 0.3) is 0 Å². The fourth-order valence-electron chi connectivity index (χ4n) is 4.38. The van der Waals surface area contributed by atoms with E-state index in [1.54, 1.807) is 0 Å². The van der Waals surface area contributed by atoms with Crippen molar-refractivity contribution in [3.63, 3.8) is 0 Å². The average molecular weight is 383 g/mol. The average Bonchev–Trinajstić information content (AvgIpc) is 2.63. The minimum absolute atomic E-state index is 0.0189. The third-order valence-corrected chi connectivity index (χ3v) is 5.76. The Hall–Kier alpha value is -1.96. The molecule has 0 aliphatic heterocycles. The molecule has 2 N–H and O–H groups in total. The molecule has 0 saturated carbocycles. The van der Waals surface area contributed by atoms with E-state index in [1.165, 1.54) is 11.1 Å². The van der Waals surface area contributed by atoms with Gasteiger partial charge in [-0.1, -0.05) is 52.2 Å². The molecule has 2 aromatic rings. The second-order valence-corrected chi connectivity index (χ2v) is 8.24. The maximum absolute atomic E-state index is 10.9. The Morgan fingerprint density at radius 3 is 1.43 bits per heavy atom. The highest BCUT2D eigenvalue weighted by Gasteiger charge is 2.24. The zero-order chi connectivity index (χ0) is 20.7. The van der Waals surface area contributed by atoms with Crippen molar-refractivity contribution in [3.8, 4) is 11.5 Å². The van der Waals surface area contributed by atoms with Gasteiger partial charge in [-0.3, -0.25) is 0 Å². The molecule has 2 aromatic carbocycles. The van der Waals surface area contributed by atoms with E-state index in [9.17, 15) is 10.2 Å². The summed E-state index contributed by atoms with van der Waals surface area (Å²) in [4.78, 5) is 0. The van der Waals surface area contributed by atoms with E-state index in [-0.39, 0.29) is 5.92 Å². The second-order valence-electron chi connectivity index (χ2n) is 8.24. The van der Waals surface area contributed by atoms with Crippen molar-refractivity contribution in [1.29, 1.82) is 0 Å². The minimum Gasteiger partial charge on any atom is -0.508 e. The Bertz CT molecular complexity index is 666. The van der Waals surface area contributed by atoms with Crippen LogP contribution < -0.4 is 0 Å². The quantitative estimate of drug-likeness (QED) is 0.451. The van der Waals surface area contributed by atoms with Gasteiger partial charge in [0, 0.05) is 17.0 Å². The second kappa shape index (κ2) is 10.5. The smallest absolute Gasteiger partial charge is 0.119 e. The summed E-state index contributed by atoms with van der Waals surface area (Å²) < 4.78 is 0. The zero-order valence-electron chi connectivity index (χ0n) is 18.4. The standard InChI is InChI=1S/C26H38O2/c1-6-9-12-20-14-18(4)25(23(27)16-20)22(11-8-3)26-19(5)15-21(13-10-7-2)17-24(26)28/h14-17,22,27-28H,6-13H2,1-5H3. The molecule has 0 fully saturated rings. The van der Waals surface area contributed by atoms with Gasteiger partial charge in [-0.05, 0) is 80.3 Å². The van der Waals surface area contributed by atoms with Crippen molar-refractivity contribution in [2.24, 2.45) is 0 Å². The van der Waals surface area contributed by atoms with Gasteiger partial charge in [0.15, 0.2) is 0 Å². The molecule has 0 aromatic heterocycles. The molecular weight excluding hydrogens is 344 g/mol. The summed E-state index contributed by atoms with van der Waals surface area (Å²) in [5, 5.41) is 21.8. The number of benzene rings is 2. The first kappa shape index (κ1) is 22.3. The molecule has 0 radical (unpaired) electrons. The highest BCUT2D eigenvalue weighted by atomic mass is 16.3. The molecule has 0 bridgehead atoms. The van der Waals surface area contributed by atoms with E-state index in [4.69, 9.17) is 0 Å². The molecule has 0 saturated heterocycles. The van der Waals surface area contributed by atoms with Crippen LogP contribution in [0.15, 0.2) is 24.3 Å². The lowest BCUT2D eigenvalue weighted by Gasteiger charge is -2.25. The number of phenolic OH excluding ortho intramolecular Hbond substituents is 2. The van der Waals surface area contributed by atoms with E-state index in [0.29, 0.717) is 11.5 Å². The van der Waals surface area contributed by atoms with Gasteiger partial charge >= 0.3 is 0 Å². The fourth-order valence-corrected chi connectivity index (χ4v) is 4.38. The molecule has 2 nitrogen and oxygen atoms in total. The van der Waals surface area contributed by atoms with E-state index < -0.39 is 0 Å². The molecule has 0 aliphatic rings. The number of hydrogen-bond acceptors (Lipinski definition) is 2. The van der Waals surface area contributed by atoms with Gasteiger partial charge in [0.05, 0.1) is 0 Å². The molecule has 154 valence electrons. The Labute approximate surface area is 171 Å². The predicted octanol–water partition coefficient (Wildman–Crippen LogP) is 7.33. The van der Waals surface area contributed by atoms with Crippen LogP contribution in [-0.4, -0.2) is 10.2 Å². The molecule has 2 rings (SSSR count). The van der Waals surface area contributed by atoms with Crippen molar-refractivity contribution < 1.29 is 10.2 Å². The lowest BCUT2D eigenvalue weighted by atomic mass is 9.81. The van der Waals surface area contributed by atoms with Gasteiger partial charge in [0.2, 0.25) is 0 Å². The Kier molecular flexibility index (Phi) is 8.41. The van der Waals surface area contributed by atoms with Crippen LogP contribution >= 0.6 is 0 Å². The van der Waals surface area contributed by atoms with E-state index >= 15 is 0 Å². The van der Waals surface area contributed by atoms with Gasteiger partial charge in [0.1, 0.15) is 11.5 Å². The van der Waals surface area contributed by atoms with Crippen LogP contribution in [0.4, 0.5) is 0 Å². The van der Waals surface area contributed by atoms with Crippen molar-refractivity contribution in [3.05, 3.63) is 57.6 Å². The van der Waals surface area contributed by atoms with Gasteiger partial charge in [-0.2, -0.15) is 0 Å². The highest BCUT2D eigenvalue weighted by Crippen LogP contribution is 2.43. The first-order chi connectivity index (χ1) is 13.4. The number of aromatic hydroxyl groups is 2. The van der Waals surface area contributed by atoms with Crippen LogP contribution in [0.1, 0.15) is 98.6 Å². The van der Waals surface area contributed by atoms with Crippen LogP contribution in [0.2, 0.25) is 0 Å². The highest BCUT2D eigenvalue weighted by molar-refractivity contribution is 5.54. The molecule has 0 spiro atoms. The van der Waals surface area contributed by atoms with E-state index in [0.717, 1.165) is 73.6 Å². The van der Waals surface area contributed by atoms with Gasteiger partial charge in [-0.15, -0.1) is 0 Å². The third-order valence-electron chi connectivity index (χ3n) is 5.76. The van der Waals surface area contributed by atoms with Crippen molar-refractivity contribution in [1.82, 2.24) is 0 Å². The molecular formula is C26H38O2. The van der Waals surface area contributed by atoms with Gasteiger partial charge in [-0.25, -0.2) is 0 Å². The first-order valence-electron chi connectivity index (χ1n) is 11.1. The van der Waals surface area contributed by atoms with Crippen LogP contribution in [0.3, 0.4) is 0 Å². The lowest BCUT2D eigenvalue weighted by Crippen LogP contribution is -2.07. The third kappa shape index (κ3) is 5.31. The summed E-state index contributed by atoms with van der Waals surface area (Å²) in [6.07, 6.45) is 8.48. The number of rotatable bonds is 10. The number of aryl methyl sites for hydroxylation is 4. The van der Waals surface area contributed by atoms with Crippen LogP contribution in [-0.2, 0) is 12.8 Å². The lowest BCUT2D eigenvalue weighted by molar-refractivity contribution is 0.448. The minimum atomic E-state index is 0.0189. The largest absolute Gasteiger partial charge is 0.508 e. The zero-order valence-corrected chi connectivity index (χ0v) is 18.4. The summed E-state index contributed by atoms with van der Waals surface area (Å²) >= 11 is 0. The maximum Gasteiger partial charge on any atom is 0.119 e. The normalized spacial score (nSPS) is 11.4. The molecule has 28 heavy (non-hydrogen) atoms. The van der Waals surface area contributed by atoms with E-state index in [1.807, 2.05) is 12.1 Å². The van der Waals surface area contributed by atoms with Crippen molar-refractivity contribution in [2.75, 3.05) is 0 Å². The summed E-state index contributed by atoms with van der Waals surface area (Å²) in [5.41, 5.74) is 6.60. The fraction of sp³-hybridized carbons (Fsp3) is 0.538. The topological polar surface area (TPSA) is 40.5 Å². The summed E-state index contributed by atoms with van der Waals surface area (Å²) in [7, 11) is 0. The van der Waals surface area contributed by atoms with Crippen molar-refractivity contribution >= 4 is 0 Å². The predicted molar refractivity (Wildman–Crippen MR) is 120 cm³/mol.